The number of hydrogen-bond acceptors (Lipinski definition) is 4. The molecule has 4 N–H and O–H groups in total. The van der Waals surface area contributed by atoms with Crippen molar-refractivity contribution in [2.24, 2.45) is 5.41 Å². The van der Waals surface area contributed by atoms with Crippen molar-refractivity contribution in [3.63, 3.8) is 0 Å². The lowest BCUT2D eigenvalue weighted by atomic mass is 9.95. The first-order valence-electron chi connectivity index (χ1n) is 7.18. The average Bonchev–Trinajstić information content (AvgIpc) is 2.34. The van der Waals surface area contributed by atoms with Crippen LogP contribution in [0.25, 0.3) is 0 Å². The number of rotatable bonds is 10. The Balaban J connectivity index is 3.90. The van der Waals surface area contributed by atoms with Gasteiger partial charge in [0.25, 0.3) is 0 Å². The van der Waals surface area contributed by atoms with Crippen LogP contribution in [0.5, 0.6) is 0 Å². The smallest absolute Gasteiger partial charge is 0.405 e. The van der Waals surface area contributed by atoms with E-state index in [1.807, 2.05) is 6.92 Å². The fourth-order valence-electron chi connectivity index (χ4n) is 1.67. The van der Waals surface area contributed by atoms with E-state index in [-0.39, 0.29) is 11.3 Å². The Morgan fingerprint density at radius 2 is 1.76 bits per heavy atom. The first kappa shape index (κ1) is 19.7. The Kier molecular flexibility index (Phi) is 8.27. The topological polar surface area (TPSA) is 99.7 Å². The summed E-state index contributed by atoms with van der Waals surface area (Å²) in [5.74, 6) is -0.347. The monoisotopic (exact) mass is 303 g/mol. The molecule has 7 nitrogen and oxygen atoms in total. The molecule has 0 atom stereocenters. The minimum Gasteiger partial charge on any atom is -0.465 e. The Morgan fingerprint density at radius 1 is 1.14 bits per heavy atom. The number of nitrogens with one attached hydrogen (secondary N) is 3. The number of carbonyl (C=O) groups is 2. The van der Waals surface area contributed by atoms with Gasteiger partial charge in [-0.3, -0.25) is 4.79 Å². The molecule has 0 radical (unpaired) electrons. The Labute approximate surface area is 126 Å². The van der Waals surface area contributed by atoms with Crippen LogP contribution in [0.3, 0.4) is 0 Å². The van der Waals surface area contributed by atoms with E-state index < -0.39 is 11.6 Å². The quantitative estimate of drug-likeness (QED) is 0.447. The minimum absolute atomic E-state index is 0.0319. The van der Waals surface area contributed by atoms with Crippen LogP contribution in [0, 0.1) is 5.41 Å². The highest BCUT2D eigenvalue weighted by Gasteiger charge is 2.28. The van der Waals surface area contributed by atoms with Gasteiger partial charge >= 0.3 is 6.09 Å². The van der Waals surface area contributed by atoms with Gasteiger partial charge in [0.1, 0.15) is 5.54 Å². The summed E-state index contributed by atoms with van der Waals surface area (Å²) in [4.78, 5) is 22.4. The fraction of sp³-hybridized carbons (Fsp3) is 0.857. The summed E-state index contributed by atoms with van der Waals surface area (Å²) in [5.41, 5.74) is -1.11. The number of carboxylic acid groups (broad SMARTS) is 1. The zero-order chi connectivity index (χ0) is 16.5. The zero-order valence-corrected chi connectivity index (χ0v) is 13.7. The number of ether oxygens (including phenoxy) is 1. The molecule has 21 heavy (non-hydrogen) atoms. The van der Waals surface area contributed by atoms with E-state index >= 15 is 0 Å². The van der Waals surface area contributed by atoms with E-state index in [0.717, 1.165) is 6.54 Å². The van der Waals surface area contributed by atoms with Gasteiger partial charge in [0.05, 0.1) is 6.61 Å². The number of amides is 2. The van der Waals surface area contributed by atoms with E-state index in [2.05, 4.69) is 29.8 Å². The van der Waals surface area contributed by atoms with Gasteiger partial charge in [-0.25, -0.2) is 4.79 Å². The predicted octanol–water partition coefficient (Wildman–Crippen LogP) is 0.801. The van der Waals surface area contributed by atoms with E-state index in [0.29, 0.717) is 26.3 Å². The molecule has 0 aliphatic carbocycles. The van der Waals surface area contributed by atoms with Crippen molar-refractivity contribution >= 4 is 12.0 Å². The zero-order valence-electron chi connectivity index (χ0n) is 13.7. The normalized spacial score (nSPS) is 12.0. The first-order valence-corrected chi connectivity index (χ1v) is 7.18. The van der Waals surface area contributed by atoms with Gasteiger partial charge in [0.15, 0.2) is 0 Å². The molecule has 2 amide bonds. The predicted molar refractivity (Wildman–Crippen MR) is 81.4 cm³/mol. The summed E-state index contributed by atoms with van der Waals surface area (Å²) < 4.78 is 5.40. The Hall–Kier alpha value is -1.34. The highest BCUT2D eigenvalue weighted by Crippen LogP contribution is 2.13. The molecule has 0 bridgehead atoms. The van der Waals surface area contributed by atoms with E-state index in [1.165, 1.54) is 13.8 Å². The fourth-order valence-corrected chi connectivity index (χ4v) is 1.67. The third-order valence-corrected chi connectivity index (χ3v) is 2.87. The third-order valence-electron chi connectivity index (χ3n) is 2.87. The van der Waals surface area contributed by atoms with Crippen LogP contribution in [0.15, 0.2) is 0 Å². The molecule has 0 saturated heterocycles. The van der Waals surface area contributed by atoms with Crippen LogP contribution in [-0.2, 0) is 9.53 Å². The first-order chi connectivity index (χ1) is 9.60. The van der Waals surface area contributed by atoms with Crippen LogP contribution in [0.2, 0.25) is 0 Å². The summed E-state index contributed by atoms with van der Waals surface area (Å²) in [5, 5.41) is 16.8. The summed E-state index contributed by atoms with van der Waals surface area (Å²) in [6.07, 6.45) is -1.22. The lowest BCUT2D eigenvalue weighted by molar-refractivity contribution is -0.126. The largest absolute Gasteiger partial charge is 0.465 e. The second-order valence-corrected chi connectivity index (χ2v) is 6.29. The summed E-state index contributed by atoms with van der Waals surface area (Å²) in [6, 6.07) is 0. The molecular formula is C14H29N3O4. The molecule has 0 aromatic rings. The molecule has 0 aliphatic rings. The van der Waals surface area contributed by atoms with Gasteiger partial charge in [-0.2, -0.15) is 0 Å². The van der Waals surface area contributed by atoms with Gasteiger partial charge in [-0.15, -0.1) is 0 Å². The molecule has 0 rings (SSSR count). The lowest BCUT2D eigenvalue weighted by Gasteiger charge is -2.25. The van der Waals surface area contributed by atoms with Gasteiger partial charge in [-0.05, 0) is 20.8 Å². The highest BCUT2D eigenvalue weighted by molar-refractivity contribution is 5.88. The number of hydrogen-bond donors (Lipinski definition) is 4. The maximum absolute atomic E-state index is 11.8. The van der Waals surface area contributed by atoms with Gasteiger partial charge in [-0.1, -0.05) is 13.8 Å². The highest BCUT2D eigenvalue weighted by atomic mass is 16.5. The Morgan fingerprint density at radius 3 is 2.29 bits per heavy atom. The molecule has 0 heterocycles. The van der Waals surface area contributed by atoms with Crippen LogP contribution in [0.1, 0.15) is 34.6 Å². The van der Waals surface area contributed by atoms with E-state index in [9.17, 15) is 9.59 Å². The lowest BCUT2D eigenvalue weighted by Crippen LogP contribution is -2.55. The van der Waals surface area contributed by atoms with Gasteiger partial charge < -0.3 is 25.8 Å². The summed E-state index contributed by atoms with van der Waals surface area (Å²) in [6.45, 7) is 12.4. The van der Waals surface area contributed by atoms with Gasteiger partial charge in [0.2, 0.25) is 5.91 Å². The molecule has 0 aliphatic heterocycles. The van der Waals surface area contributed by atoms with Crippen LogP contribution >= 0.6 is 0 Å². The second-order valence-electron chi connectivity index (χ2n) is 6.29. The third kappa shape index (κ3) is 9.25. The molecular weight excluding hydrogens is 274 g/mol. The summed E-state index contributed by atoms with van der Waals surface area (Å²) >= 11 is 0. The molecule has 0 saturated carbocycles. The SMILES string of the molecule is CCOCC(C)(C)CNCCNC(=O)C(C)(C)NC(=O)O. The molecule has 0 fully saturated rings. The maximum Gasteiger partial charge on any atom is 0.405 e. The van der Waals surface area contributed by atoms with Crippen molar-refractivity contribution in [1.29, 1.82) is 0 Å². The molecule has 0 aromatic heterocycles. The van der Waals surface area contributed by atoms with Crippen molar-refractivity contribution < 1.29 is 19.4 Å². The minimum atomic E-state index is -1.22. The number of carbonyl (C=O) groups excluding carboxylic acids is 1. The van der Waals surface area contributed by atoms with E-state index in [1.54, 1.807) is 0 Å². The van der Waals surface area contributed by atoms with Crippen molar-refractivity contribution in [2.45, 2.75) is 40.2 Å². The van der Waals surface area contributed by atoms with E-state index in [4.69, 9.17) is 9.84 Å². The molecule has 0 unspecified atom stereocenters. The van der Waals surface area contributed by atoms with Crippen molar-refractivity contribution in [3.8, 4) is 0 Å². The van der Waals surface area contributed by atoms with Crippen LogP contribution in [-0.4, -0.2) is 55.5 Å². The average molecular weight is 303 g/mol. The molecule has 7 heteroatoms. The van der Waals surface area contributed by atoms with Crippen LogP contribution in [0.4, 0.5) is 4.79 Å². The molecule has 0 aromatic carbocycles. The van der Waals surface area contributed by atoms with Gasteiger partial charge in [0, 0.05) is 31.7 Å². The molecule has 0 spiro atoms. The van der Waals surface area contributed by atoms with Crippen molar-refractivity contribution in [3.05, 3.63) is 0 Å². The van der Waals surface area contributed by atoms with Crippen molar-refractivity contribution in [2.75, 3.05) is 32.8 Å². The van der Waals surface area contributed by atoms with Crippen molar-refractivity contribution in [1.82, 2.24) is 16.0 Å². The maximum atomic E-state index is 11.8. The summed E-state index contributed by atoms with van der Waals surface area (Å²) in [7, 11) is 0. The second kappa shape index (κ2) is 8.84. The van der Waals surface area contributed by atoms with Crippen LogP contribution < -0.4 is 16.0 Å². The standard InChI is InChI=1S/C14H29N3O4/c1-6-21-10-13(2,3)9-15-7-8-16-11(18)14(4,5)17-12(19)20/h15,17H,6-10H2,1-5H3,(H,16,18)(H,19,20). The molecule has 124 valence electrons. The Bertz CT molecular complexity index is 343.